The topological polar surface area (TPSA) is 61.1 Å². The van der Waals surface area contributed by atoms with Gasteiger partial charge in [-0.15, -0.1) is 0 Å². The fourth-order valence-electron chi connectivity index (χ4n) is 1.10. The molecule has 0 atom stereocenters. The molecule has 1 aromatic rings. The summed E-state index contributed by atoms with van der Waals surface area (Å²) < 4.78 is 2.18. The summed E-state index contributed by atoms with van der Waals surface area (Å²) in [5.41, 5.74) is -0.437. The van der Waals surface area contributed by atoms with Crippen LogP contribution in [-0.2, 0) is 11.8 Å². The van der Waals surface area contributed by atoms with Crippen molar-refractivity contribution in [1.82, 2.24) is 9.13 Å². The van der Waals surface area contributed by atoms with Crippen LogP contribution in [0.5, 0.6) is 0 Å². The minimum absolute atomic E-state index is 0.411. The van der Waals surface area contributed by atoms with Crippen LogP contribution in [0.1, 0.15) is 5.56 Å². The standard InChI is InChI=1S/C9H10N2O3/c1-7-6-10(2)9(14)11(8(7)13)4-3-5-12/h3-6H,1-2H3/b4-3+. The maximum absolute atomic E-state index is 11.4. The summed E-state index contributed by atoms with van der Waals surface area (Å²) >= 11 is 0. The van der Waals surface area contributed by atoms with Crippen LogP contribution in [0.15, 0.2) is 21.9 Å². The number of allylic oxidation sites excluding steroid dienone is 1. The van der Waals surface area contributed by atoms with Crippen LogP contribution >= 0.6 is 0 Å². The number of hydrogen-bond acceptors (Lipinski definition) is 3. The average molecular weight is 194 g/mol. The van der Waals surface area contributed by atoms with Gasteiger partial charge in [-0.2, -0.15) is 0 Å². The van der Waals surface area contributed by atoms with Crippen LogP contribution < -0.4 is 11.2 Å². The molecule has 0 spiro atoms. The van der Waals surface area contributed by atoms with Gasteiger partial charge in [-0.25, -0.2) is 9.36 Å². The number of rotatable bonds is 2. The quantitative estimate of drug-likeness (QED) is 0.472. The molecular weight excluding hydrogens is 184 g/mol. The predicted octanol–water partition coefficient (Wildman–Crippen LogP) is -0.475. The minimum atomic E-state index is -0.473. The highest BCUT2D eigenvalue weighted by molar-refractivity contribution is 5.69. The number of carbonyl (C=O) groups excluding carboxylic acids is 1. The van der Waals surface area contributed by atoms with E-state index < -0.39 is 11.2 Å². The number of aryl methyl sites for hydroxylation is 2. The van der Waals surface area contributed by atoms with Crippen molar-refractivity contribution in [2.75, 3.05) is 0 Å². The Bertz CT molecular complexity index is 460. The summed E-state index contributed by atoms with van der Waals surface area (Å²) in [6.07, 6.45) is 4.22. The first kappa shape index (κ1) is 10.2. The van der Waals surface area contributed by atoms with Gasteiger partial charge in [-0.1, -0.05) is 0 Å². The second-order valence-electron chi connectivity index (χ2n) is 2.86. The zero-order valence-corrected chi connectivity index (χ0v) is 7.93. The zero-order chi connectivity index (χ0) is 10.7. The van der Waals surface area contributed by atoms with Gasteiger partial charge in [0.05, 0.1) is 0 Å². The Morgan fingerprint density at radius 1 is 1.36 bits per heavy atom. The lowest BCUT2D eigenvalue weighted by Crippen LogP contribution is -2.36. The number of aldehydes is 1. The van der Waals surface area contributed by atoms with Gasteiger partial charge in [0.25, 0.3) is 5.56 Å². The Hall–Kier alpha value is -1.91. The van der Waals surface area contributed by atoms with Crippen molar-refractivity contribution in [3.63, 3.8) is 0 Å². The van der Waals surface area contributed by atoms with Gasteiger partial charge >= 0.3 is 5.69 Å². The molecule has 1 heterocycles. The van der Waals surface area contributed by atoms with Crippen LogP contribution in [0.3, 0.4) is 0 Å². The molecule has 0 radical (unpaired) electrons. The van der Waals surface area contributed by atoms with E-state index in [0.29, 0.717) is 11.8 Å². The minimum Gasteiger partial charge on any atom is -0.303 e. The zero-order valence-electron chi connectivity index (χ0n) is 7.93. The lowest BCUT2D eigenvalue weighted by Gasteiger charge is -2.02. The first-order chi connectivity index (χ1) is 6.57. The number of nitrogens with zero attached hydrogens (tertiary/aromatic N) is 2. The Balaban J connectivity index is 3.56. The van der Waals surface area contributed by atoms with Gasteiger partial charge in [-0.3, -0.25) is 9.59 Å². The van der Waals surface area contributed by atoms with Gasteiger partial charge in [-0.05, 0) is 13.0 Å². The van der Waals surface area contributed by atoms with Gasteiger partial charge in [0.2, 0.25) is 0 Å². The molecule has 0 amide bonds. The van der Waals surface area contributed by atoms with Crippen molar-refractivity contribution in [3.05, 3.63) is 38.7 Å². The molecule has 0 aliphatic rings. The molecule has 1 aromatic heterocycles. The number of hydrogen-bond donors (Lipinski definition) is 0. The lowest BCUT2D eigenvalue weighted by molar-refractivity contribution is -0.104. The SMILES string of the molecule is Cc1cn(C)c(=O)n(/C=C/C=O)c1=O. The molecule has 0 aliphatic heterocycles. The Kier molecular flexibility index (Phi) is 2.81. The van der Waals surface area contributed by atoms with Crippen molar-refractivity contribution in [1.29, 1.82) is 0 Å². The van der Waals surface area contributed by atoms with E-state index in [1.807, 2.05) is 0 Å². The Morgan fingerprint density at radius 3 is 2.57 bits per heavy atom. The molecule has 14 heavy (non-hydrogen) atoms. The van der Waals surface area contributed by atoms with E-state index in [4.69, 9.17) is 0 Å². The number of aromatic nitrogens is 2. The van der Waals surface area contributed by atoms with Crippen LogP contribution in [0.25, 0.3) is 6.20 Å². The third kappa shape index (κ3) is 1.71. The summed E-state index contributed by atoms with van der Waals surface area (Å²) in [6, 6.07) is 0. The molecule has 0 N–H and O–H groups in total. The summed E-state index contributed by atoms with van der Waals surface area (Å²) in [4.78, 5) is 32.9. The molecule has 74 valence electrons. The van der Waals surface area contributed by atoms with E-state index in [9.17, 15) is 14.4 Å². The van der Waals surface area contributed by atoms with E-state index >= 15 is 0 Å². The average Bonchev–Trinajstić information content (AvgIpc) is 2.15. The van der Waals surface area contributed by atoms with E-state index in [1.54, 1.807) is 14.0 Å². The van der Waals surface area contributed by atoms with E-state index in [-0.39, 0.29) is 0 Å². The Morgan fingerprint density at radius 2 is 2.00 bits per heavy atom. The third-order valence-corrected chi connectivity index (χ3v) is 1.76. The summed E-state index contributed by atoms with van der Waals surface area (Å²) in [5.74, 6) is 0. The molecule has 0 saturated heterocycles. The van der Waals surface area contributed by atoms with Gasteiger partial charge in [0.15, 0.2) is 0 Å². The largest absolute Gasteiger partial charge is 0.334 e. The molecule has 5 nitrogen and oxygen atoms in total. The summed E-state index contributed by atoms with van der Waals surface area (Å²) in [5, 5.41) is 0. The normalized spacial score (nSPS) is 10.7. The molecule has 0 saturated carbocycles. The molecule has 0 unspecified atom stereocenters. The van der Waals surface area contributed by atoms with Gasteiger partial charge in [0.1, 0.15) is 6.29 Å². The maximum atomic E-state index is 11.4. The van der Waals surface area contributed by atoms with E-state index in [1.165, 1.54) is 10.8 Å². The van der Waals surface area contributed by atoms with Crippen LogP contribution in [-0.4, -0.2) is 15.4 Å². The summed E-state index contributed by atoms with van der Waals surface area (Å²) in [7, 11) is 1.54. The van der Waals surface area contributed by atoms with Crippen molar-refractivity contribution in [3.8, 4) is 0 Å². The first-order valence-electron chi connectivity index (χ1n) is 3.98. The molecule has 0 aromatic carbocycles. The molecule has 5 heteroatoms. The van der Waals surface area contributed by atoms with Gasteiger partial charge in [0, 0.05) is 25.0 Å². The highest BCUT2D eigenvalue weighted by Crippen LogP contribution is 1.84. The van der Waals surface area contributed by atoms with E-state index in [0.717, 1.165) is 16.8 Å². The van der Waals surface area contributed by atoms with Crippen molar-refractivity contribution in [2.24, 2.45) is 7.05 Å². The molecule has 0 bridgehead atoms. The smallest absolute Gasteiger partial charge is 0.303 e. The first-order valence-corrected chi connectivity index (χ1v) is 3.98. The highest BCUT2D eigenvalue weighted by Gasteiger charge is 2.02. The van der Waals surface area contributed by atoms with Crippen molar-refractivity contribution < 1.29 is 4.79 Å². The predicted molar refractivity (Wildman–Crippen MR) is 52.1 cm³/mol. The molecule has 0 fully saturated rings. The van der Waals surface area contributed by atoms with E-state index in [2.05, 4.69) is 0 Å². The monoisotopic (exact) mass is 194 g/mol. The Labute approximate surface area is 79.9 Å². The lowest BCUT2D eigenvalue weighted by atomic mass is 10.4. The highest BCUT2D eigenvalue weighted by atomic mass is 16.2. The van der Waals surface area contributed by atoms with Crippen LogP contribution in [0.4, 0.5) is 0 Å². The molecular formula is C9H10N2O3. The number of carbonyl (C=O) groups is 1. The second-order valence-corrected chi connectivity index (χ2v) is 2.86. The maximum Gasteiger partial charge on any atom is 0.334 e. The van der Waals surface area contributed by atoms with Crippen molar-refractivity contribution >= 4 is 12.5 Å². The van der Waals surface area contributed by atoms with Crippen molar-refractivity contribution in [2.45, 2.75) is 6.92 Å². The van der Waals surface area contributed by atoms with Crippen LogP contribution in [0.2, 0.25) is 0 Å². The third-order valence-electron chi connectivity index (χ3n) is 1.76. The molecule has 1 rings (SSSR count). The van der Waals surface area contributed by atoms with Gasteiger partial charge < -0.3 is 4.57 Å². The van der Waals surface area contributed by atoms with Crippen LogP contribution in [0, 0.1) is 6.92 Å². The molecule has 0 aliphatic carbocycles. The summed E-state index contributed by atoms with van der Waals surface area (Å²) in [6.45, 7) is 1.60. The second kappa shape index (κ2) is 3.87. The fraction of sp³-hybridized carbons (Fsp3) is 0.222. The fourth-order valence-corrected chi connectivity index (χ4v) is 1.10.